The molecular weight excluding hydrogens is 470 g/mol. The molecule has 0 heterocycles. The molecule has 2 atom stereocenters. The molecule has 2 aliphatic rings. The number of benzene rings is 5. The van der Waals surface area contributed by atoms with Gasteiger partial charge >= 0.3 is 0 Å². The van der Waals surface area contributed by atoms with E-state index in [2.05, 4.69) is 164 Å². The summed E-state index contributed by atoms with van der Waals surface area (Å²) in [5.41, 5.74) is 11.4. The Balaban J connectivity index is 1.27. The standard InChI is InChI=1S/C38H31N/c1-28-10-8-9-15-37(28)33-24-25-38(27-34(38)26-33)39(35-20-16-31(17-21-35)29-11-4-2-5-12-29)36-22-18-32(19-23-36)30-13-6-3-7-14-30/h2-26,34H,27H2,1H3. The molecule has 0 aromatic heterocycles. The van der Waals surface area contributed by atoms with E-state index in [1.165, 1.54) is 50.3 Å². The summed E-state index contributed by atoms with van der Waals surface area (Å²) >= 11 is 0. The maximum Gasteiger partial charge on any atom is 0.0707 e. The fourth-order valence-corrected chi connectivity index (χ4v) is 6.10. The largest absolute Gasteiger partial charge is 0.331 e. The molecule has 1 heteroatoms. The monoisotopic (exact) mass is 501 g/mol. The van der Waals surface area contributed by atoms with Gasteiger partial charge in [-0.3, -0.25) is 0 Å². The lowest BCUT2D eigenvalue weighted by atomic mass is 9.93. The van der Waals surface area contributed by atoms with Crippen molar-refractivity contribution in [2.45, 2.75) is 18.9 Å². The number of hydrogen-bond acceptors (Lipinski definition) is 1. The van der Waals surface area contributed by atoms with Crippen molar-refractivity contribution in [1.29, 1.82) is 0 Å². The summed E-state index contributed by atoms with van der Waals surface area (Å²) in [6.45, 7) is 2.20. The summed E-state index contributed by atoms with van der Waals surface area (Å²) in [7, 11) is 0. The van der Waals surface area contributed by atoms with E-state index in [-0.39, 0.29) is 5.54 Å². The topological polar surface area (TPSA) is 3.24 Å². The molecular formula is C38H31N. The van der Waals surface area contributed by atoms with E-state index in [0.29, 0.717) is 5.92 Å². The van der Waals surface area contributed by atoms with Gasteiger partial charge in [-0.05, 0) is 76.6 Å². The average molecular weight is 502 g/mol. The number of fused-ring (bicyclic) bond motifs is 1. The molecule has 0 aliphatic heterocycles. The van der Waals surface area contributed by atoms with Gasteiger partial charge in [0.25, 0.3) is 0 Å². The van der Waals surface area contributed by atoms with Crippen molar-refractivity contribution in [3.05, 3.63) is 163 Å². The molecule has 1 fully saturated rings. The molecule has 0 radical (unpaired) electrons. The van der Waals surface area contributed by atoms with Crippen molar-refractivity contribution in [3.63, 3.8) is 0 Å². The molecule has 5 aromatic rings. The molecule has 1 saturated carbocycles. The molecule has 1 nitrogen and oxygen atoms in total. The number of allylic oxidation sites excluding steroid dienone is 2. The molecule has 5 aromatic carbocycles. The average Bonchev–Trinajstić information content (AvgIpc) is 3.73. The van der Waals surface area contributed by atoms with Crippen LogP contribution in [0.3, 0.4) is 0 Å². The van der Waals surface area contributed by atoms with Gasteiger partial charge < -0.3 is 4.90 Å². The maximum absolute atomic E-state index is 2.56. The molecule has 0 bridgehead atoms. The predicted molar refractivity (Wildman–Crippen MR) is 165 cm³/mol. The van der Waals surface area contributed by atoms with Crippen molar-refractivity contribution in [2.24, 2.45) is 5.92 Å². The zero-order chi connectivity index (χ0) is 26.2. The van der Waals surface area contributed by atoms with Crippen LogP contribution in [0.2, 0.25) is 0 Å². The maximum atomic E-state index is 2.56. The highest BCUT2D eigenvalue weighted by Gasteiger charge is 2.57. The summed E-state index contributed by atoms with van der Waals surface area (Å²) in [5.74, 6) is 0.472. The van der Waals surface area contributed by atoms with Crippen LogP contribution in [0.25, 0.3) is 27.8 Å². The van der Waals surface area contributed by atoms with E-state index < -0.39 is 0 Å². The Morgan fingerprint density at radius 2 is 1.05 bits per heavy atom. The van der Waals surface area contributed by atoms with Crippen LogP contribution in [-0.4, -0.2) is 5.54 Å². The van der Waals surface area contributed by atoms with Gasteiger partial charge in [-0.15, -0.1) is 0 Å². The minimum absolute atomic E-state index is 0.0469. The summed E-state index contributed by atoms with van der Waals surface area (Å²) in [6.07, 6.45) is 8.40. The van der Waals surface area contributed by atoms with Crippen LogP contribution >= 0.6 is 0 Å². The molecule has 188 valence electrons. The first-order valence-electron chi connectivity index (χ1n) is 13.8. The van der Waals surface area contributed by atoms with Gasteiger partial charge in [0.2, 0.25) is 0 Å². The highest BCUT2D eigenvalue weighted by molar-refractivity contribution is 5.82. The molecule has 2 unspecified atom stereocenters. The number of anilines is 2. The minimum Gasteiger partial charge on any atom is -0.331 e. The van der Waals surface area contributed by atoms with Crippen molar-refractivity contribution in [1.82, 2.24) is 0 Å². The smallest absolute Gasteiger partial charge is 0.0707 e. The fourth-order valence-electron chi connectivity index (χ4n) is 6.10. The zero-order valence-corrected chi connectivity index (χ0v) is 22.2. The molecule has 39 heavy (non-hydrogen) atoms. The third kappa shape index (κ3) is 4.30. The van der Waals surface area contributed by atoms with Crippen LogP contribution in [0.4, 0.5) is 11.4 Å². The van der Waals surface area contributed by atoms with E-state index >= 15 is 0 Å². The van der Waals surface area contributed by atoms with Gasteiger partial charge in [0.1, 0.15) is 0 Å². The third-order valence-corrected chi connectivity index (χ3v) is 8.30. The van der Waals surface area contributed by atoms with Crippen LogP contribution in [-0.2, 0) is 0 Å². The molecule has 2 aliphatic carbocycles. The molecule has 7 rings (SSSR count). The zero-order valence-electron chi connectivity index (χ0n) is 22.2. The lowest BCUT2D eigenvalue weighted by Crippen LogP contribution is -2.34. The second kappa shape index (κ2) is 9.60. The quantitative estimate of drug-likeness (QED) is 0.224. The number of rotatable bonds is 6. The molecule has 0 amide bonds. The van der Waals surface area contributed by atoms with Crippen LogP contribution in [0.5, 0.6) is 0 Å². The first kappa shape index (κ1) is 23.5. The second-order valence-electron chi connectivity index (χ2n) is 10.7. The Kier molecular flexibility index (Phi) is 5.78. The lowest BCUT2D eigenvalue weighted by molar-refractivity contribution is 0.753. The van der Waals surface area contributed by atoms with Gasteiger partial charge in [0, 0.05) is 17.3 Å². The summed E-state index contributed by atoms with van der Waals surface area (Å²) in [5, 5.41) is 0. The highest BCUT2D eigenvalue weighted by atomic mass is 15.2. The SMILES string of the molecule is Cc1ccccc1C1=CC2CC2(N(c2ccc(-c3ccccc3)cc2)c2ccc(-c3ccccc3)cc2)C=C1. The number of nitrogens with zero attached hydrogens (tertiary/aromatic N) is 1. The van der Waals surface area contributed by atoms with E-state index in [4.69, 9.17) is 0 Å². The van der Waals surface area contributed by atoms with Crippen LogP contribution < -0.4 is 4.90 Å². The van der Waals surface area contributed by atoms with Gasteiger partial charge in [0.15, 0.2) is 0 Å². The number of aryl methyl sites for hydroxylation is 1. The molecule has 0 spiro atoms. The normalized spacial score (nSPS) is 19.2. The van der Waals surface area contributed by atoms with E-state index in [1.807, 2.05) is 0 Å². The number of hydrogen-bond donors (Lipinski definition) is 0. The van der Waals surface area contributed by atoms with Crippen LogP contribution in [0, 0.1) is 12.8 Å². The third-order valence-electron chi connectivity index (χ3n) is 8.30. The van der Waals surface area contributed by atoms with Gasteiger partial charge in [-0.25, -0.2) is 0 Å². The first-order valence-corrected chi connectivity index (χ1v) is 13.8. The van der Waals surface area contributed by atoms with Crippen LogP contribution in [0.15, 0.2) is 152 Å². The summed E-state index contributed by atoms with van der Waals surface area (Å²) in [4.78, 5) is 2.56. The summed E-state index contributed by atoms with van der Waals surface area (Å²) < 4.78 is 0. The van der Waals surface area contributed by atoms with Gasteiger partial charge in [-0.1, -0.05) is 127 Å². The Hall–Kier alpha value is -4.62. The van der Waals surface area contributed by atoms with Crippen molar-refractivity contribution in [2.75, 3.05) is 4.90 Å². The van der Waals surface area contributed by atoms with Gasteiger partial charge in [-0.2, -0.15) is 0 Å². The van der Waals surface area contributed by atoms with E-state index in [0.717, 1.165) is 6.42 Å². The molecule has 0 N–H and O–H groups in total. The van der Waals surface area contributed by atoms with E-state index in [1.54, 1.807) is 0 Å². The lowest BCUT2D eigenvalue weighted by Gasteiger charge is -2.35. The van der Waals surface area contributed by atoms with Crippen molar-refractivity contribution >= 4 is 16.9 Å². The van der Waals surface area contributed by atoms with Crippen molar-refractivity contribution < 1.29 is 0 Å². The first-order chi connectivity index (χ1) is 19.2. The Morgan fingerprint density at radius 1 is 0.564 bits per heavy atom. The molecule has 0 saturated heterocycles. The minimum atomic E-state index is -0.0469. The highest BCUT2D eigenvalue weighted by Crippen LogP contribution is 2.58. The Bertz CT molecular complexity index is 1580. The summed E-state index contributed by atoms with van der Waals surface area (Å²) in [6, 6.07) is 48.1. The van der Waals surface area contributed by atoms with Crippen LogP contribution in [0.1, 0.15) is 17.5 Å². The second-order valence-corrected chi connectivity index (χ2v) is 10.7. The van der Waals surface area contributed by atoms with E-state index in [9.17, 15) is 0 Å². The Morgan fingerprint density at radius 3 is 1.56 bits per heavy atom. The van der Waals surface area contributed by atoms with Crippen molar-refractivity contribution in [3.8, 4) is 22.3 Å². The predicted octanol–water partition coefficient (Wildman–Crippen LogP) is 9.88. The van der Waals surface area contributed by atoms with Gasteiger partial charge in [0.05, 0.1) is 5.54 Å². The fraction of sp³-hybridized carbons (Fsp3) is 0.105. The Labute approximate surface area is 231 Å².